The summed E-state index contributed by atoms with van der Waals surface area (Å²) in [4.78, 5) is 17.1. The standard InChI is InChI=1S/C21H26ClN3O2/c22-19-7-4-6-18(16-19)17-25(11-5-10-24-12-14-27-15-13-24)21(26)23-20-8-2-1-3-9-20/h1-4,6-9,16H,5,10-15,17H2,(H,23,26). The molecule has 2 amide bonds. The van der Waals surface area contributed by atoms with Crippen molar-refractivity contribution in [1.82, 2.24) is 9.80 Å². The van der Waals surface area contributed by atoms with Crippen molar-refractivity contribution in [2.75, 3.05) is 44.7 Å². The summed E-state index contributed by atoms with van der Waals surface area (Å²) in [5, 5.41) is 3.67. The lowest BCUT2D eigenvalue weighted by atomic mass is 10.2. The van der Waals surface area contributed by atoms with Crippen LogP contribution in [0.25, 0.3) is 0 Å². The number of ether oxygens (including phenoxy) is 1. The number of benzene rings is 2. The van der Waals surface area contributed by atoms with Gasteiger partial charge in [0.25, 0.3) is 0 Å². The van der Waals surface area contributed by atoms with Gasteiger partial charge in [0.15, 0.2) is 0 Å². The highest BCUT2D eigenvalue weighted by molar-refractivity contribution is 6.30. The molecule has 0 aromatic heterocycles. The monoisotopic (exact) mass is 387 g/mol. The highest BCUT2D eigenvalue weighted by Gasteiger charge is 2.16. The van der Waals surface area contributed by atoms with Gasteiger partial charge in [0, 0.05) is 43.4 Å². The molecule has 1 aliphatic heterocycles. The van der Waals surface area contributed by atoms with Gasteiger partial charge >= 0.3 is 6.03 Å². The van der Waals surface area contributed by atoms with Crippen LogP contribution in [-0.4, -0.2) is 55.2 Å². The van der Waals surface area contributed by atoms with E-state index in [-0.39, 0.29) is 6.03 Å². The summed E-state index contributed by atoms with van der Waals surface area (Å²) in [6.45, 7) is 5.69. The summed E-state index contributed by atoms with van der Waals surface area (Å²) in [6.07, 6.45) is 0.919. The van der Waals surface area contributed by atoms with Gasteiger partial charge < -0.3 is 15.0 Å². The summed E-state index contributed by atoms with van der Waals surface area (Å²) < 4.78 is 5.39. The lowest BCUT2D eigenvalue weighted by molar-refractivity contribution is 0.0365. The van der Waals surface area contributed by atoms with Crippen molar-refractivity contribution in [3.8, 4) is 0 Å². The average molecular weight is 388 g/mol. The molecule has 0 unspecified atom stereocenters. The van der Waals surface area contributed by atoms with Gasteiger partial charge in [-0.05, 0) is 36.2 Å². The van der Waals surface area contributed by atoms with Crippen LogP contribution >= 0.6 is 11.6 Å². The third-order valence-electron chi connectivity index (χ3n) is 4.58. The maximum Gasteiger partial charge on any atom is 0.322 e. The molecule has 0 radical (unpaired) electrons. The second kappa shape index (κ2) is 10.3. The fraction of sp³-hybridized carbons (Fsp3) is 0.381. The van der Waals surface area contributed by atoms with E-state index in [0.717, 1.165) is 50.5 Å². The van der Waals surface area contributed by atoms with Crippen molar-refractivity contribution < 1.29 is 9.53 Å². The van der Waals surface area contributed by atoms with Crippen molar-refractivity contribution in [2.45, 2.75) is 13.0 Å². The third kappa shape index (κ3) is 6.54. The SMILES string of the molecule is O=C(Nc1ccccc1)N(CCCN1CCOCC1)Cc1cccc(Cl)c1. The number of halogens is 1. The molecule has 2 aromatic carbocycles. The van der Waals surface area contributed by atoms with Crippen LogP contribution in [0, 0.1) is 0 Å². The Labute approximate surface area is 165 Å². The molecule has 0 atom stereocenters. The van der Waals surface area contributed by atoms with Gasteiger partial charge in [0.1, 0.15) is 0 Å². The molecule has 5 nitrogen and oxygen atoms in total. The summed E-state index contributed by atoms with van der Waals surface area (Å²) in [5.74, 6) is 0. The number of nitrogens with one attached hydrogen (secondary N) is 1. The Hall–Kier alpha value is -2.08. The largest absolute Gasteiger partial charge is 0.379 e. The first-order valence-electron chi connectivity index (χ1n) is 9.36. The van der Waals surface area contributed by atoms with E-state index in [1.165, 1.54) is 0 Å². The molecule has 6 heteroatoms. The number of morpholine rings is 1. The third-order valence-corrected chi connectivity index (χ3v) is 4.82. The summed E-state index contributed by atoms with van der Waals surface area (Å²) >= 11 is 6.11. The molecule has 0 saturated carbocycles. The molecule has 1 saturated heterocycles. The number of anilines is 1. The molecule has 1 N–H and O–H groups in total. The highest BCUT2D eigenvalue weighted by atomic mass is 35.5. The number of carbonyl (C=O) groups excluding carboxylic acids is 1. The molecule has 0 aliphatic carbocycles. The molecular formula is C21H26ClN3O2. The maximum atomic E-state index is 12.8. The van der Waals surface area contributed by atoms with E-state index in [1.807, 2.05) is 59.5 Å². The minimum absolute atomic E-state index is 0.0943. The Kier molecular flexibility index (Phi) is 7.51. The van der Waals surface area contributed by atoms with Gasteiger partial charge in [-0.3, -0.25) is 4.90 Å². The predicted octanol–water partition coefficient (Wildman–Crippen LogP) is 4.10. The van der Waals surface area contributed by atoms with Crippen LogP contribution in [0.5, 0.6) is 0 Å². The molecule has 144 valence electrons. The maximum absolute atomic E-state index is 12.8. The lowest BCUT2D eigenvalue weighted by Crippen LogP contribution is -2.40. The Balaban J connectivity index is 1.60. The zero-order valence-corrected chi connectivity index (χ0v) is 16.2. The smallest absolute Gasteiger partial charge is 0.322 e. The molecule has 2 aromatic rings. The van der Waals surface area contributed by atoms with E-state index in [2.05, 4.69) is 10.2 Å². The van der Waals surface area contributed by atoms with Crippen LogP contribution < -0.4 is 5.32 Å². The summed E-state index contributed by atoms with van der Waals surface area (Å²) in [7, 11) is 0. The fourth-order valence-corrected chi connectivity index (χ4v) is 3.35. The van der Waals surface area contributed by atoms with Gasteiger partial charge in [0.2, 0.25) is 0 Å². The van der Waals surface area contributed by atoms with Crippen LogP contribution in [0.15, 0.2) is 54.6 Å². The first-order valence-corrected chi connectivity index (χ1v) is 9.74. The first-order chi connectivity index (χ1) is 13.2. The Morgan fingerprint density at radius 3 is 2.63 bits per heavy atom. The quantitative estimate of drug-likeness (QED) is 0.778. The molecule has 1 heterocycles. The van der Waals surface area contributed by atoms with Gasteiger partial charge in [-0.25, -0.2) is 4.79 Å². The molecule has 0 bridgehead atoms. The summed E-state index contributed by atoms with van der Waals surface area (Å²) in [6, 6.07) is 17.1. The number of urea groups is 1. The second-order valence-corrected chi connectivity index (χ2v) is 7.09. The van der Waals surface area contributed by atoms with Crippen LogP contribution in [0.2, 0.25) is 5.02 Å². The van der Waals surface area contributed by atoms with Crippen LogP contribution in [0.3, 0.4) is 0 Å². The Bertz CT molecular complexity index is 720. The van der Waals surface area contributed by atoms with E-state index >= 15 is 0 Å². The van der Waals surface area contributed by atoms with Gasteiger partial charge in [-0.15, -0.1) is 0 Å². The fourth-order valence-electron chi connectivity index (χ4n) is 3.14. The topological polar surface area (TPSA) is 44.8 Å². The van der Waals surface area contributed by atoms with Crippen molar-refractivity contribution in [3.63, 3.8) is 0 Å². The summed E-state index contributed by atoms with van der Waals surface area (Å²) in [5.41, 5.74) is 1.82. The van der Waals surface area contributed by atoms with Gasteiger partial charge in [0.05, 0.1) is 13.2 Å². The molecule has 27 heavy (non-hydrogen) atoms. The number of nitrogens with zero attached hydrogens (tertiary/aromatic N) is 2. The van der Waals surface area contributed by atoms with E-state index in [0.29, 0.717) is 18.1 Å². The van der Waals surface area contributed by atoms with Gasteiger partial charge in [-0.2, -0.15) is 0 Å². The van der Waals surface area contributed by atoms with E-state index in [1.54, 1.807) is 0 Å². The zero-order valence-electron chi connectivity index (χ0n) is 15.4. The van der Waals surface area contributed by atoms with E-state index in [4.69, 9.17) is 16.3 Å². The lowest BCUT2D eigenvalue weighted by Gasteiger charge is -2.28. The second-order valence-electron chi connectivity index (χ2n) is 6.66. The minimum atomic E-state index is -0.0943. The van der Waals surface area contributed by atoms with E-state index < -0.39 is 0 Å². The van der Waals surface area contributed by atoms with Crippen LogP contribution in [0.4, 0.5) is 10.5 Å². The van der Waals surface area contributed by atoms with Crippen molar-refractivity contribution in [2.24, 2.45) is 0 Å². The molecule has 3 rings (SSSR count). The van der Waals surface area contributed by atoms with Crippen molar-refractivity contribution in [3.05, 3.63) is 65.2 Å². The number of para-hydroxylation sites is 1. The van der Waals surface area contributed by atoms with E-state index in [9.17, 15) is 4.79 Å². The number of hydrogen-bond acceptors (Lipinski definition) is 3. The number of carbonyl (C=O) groups is 1. The van der Waals surface area contributed by atoms with Crippen molar-refractivity contribution >= 4 is 23.3 Å². The normalized spacial score (nSPS) is 14.7. The molecule has 1 aliphatic rings. The van der Waals surface area contributed by atoms with Crippen molar-refractivity contribution in [1.29, 1.82) is 0 Å². The van der Waals surface area contributed by atoms with Crippen LogP contribution in [0.1, 0.15) is 12.0 Å². The number of rotatable bonds is 7. The van der Waals surface area contributed by atoms with Crippen LogP contribution in [-0.2, 0) is 11.3 Å². The number of amides is 2. The molecule has 0 spiro atoms. The highest BCUT2D eigenvalue weighted by Crippen LogP contribution is 2.15. The Morgan fingerprint density at radius 2 is 1.89 bits per heavy atom. The predicted molar refractivity (Wildman–Crippen MR) is 109 cm³/mol. The zero-order chi connectivity index (χ0) is 18.9. The molecule has 1 fully saturated rings. The Morgan fingerprint density at radius 1 is 1.11 bits per heavy atom. The first kappa shape index (κ1) is 19.7. The molecular weight excluding hydrogens is 362 g/mol. The number of hydrogen-bond donors (Lipinski definition) is 1. The van der Waals surface area contributed by atoms with Gasteiger partial charge in [-0.1, -0.05) is 41.9 Å². The minimum Gasteiger partial charge on any atom is -0.379 e. The average Bonchev–Trinajstić information content (AvgIpc) is 2.69.